The zero-order chi connectivity index (χ0) is 26.8. The molecule has 0 N–H and O–H groups in total. The van der Waals surface area contributed by atoms with Gasteiger partial charge in [0.05, 0.1) is 12.3 Å². The molecule has 0 fully saturated rings. The van der Waals surface area contributed by atoms with E-state index in [1.165, 1.54) is 55.5 Å². The lowest BCUT2D eigenvalue weighted by molar-refractivity contribution is 0.340. The minimum atomic E-state index is 0.0361. The third-order valence-electron chi connectivity index (χ3n) is 7.68. The van der Waals surface area contributed by atoms with Crippen LogP contribution >= 0.6 is 0 Å². The van der Waals surface area contributed by atoms with Crippen LogP contribution in [0, 0.1) is 6.92 Å². The van der Waals surface area contributed by atoms with Crippen molar-refractivity contribution in [2.75, 3.05) is 6.61 Å². The first-order chi connectivity index (χ1) is 19.2. The lowest BCUT2D eigenvalue weighted by atomic mass is 9.78. The van der Waals surface area contributed by atoms with Gasteiger partial charge in [0.1, 0.15) is 5.75 Å². The molecule has 1 unspecified atom stereocenters. The number of benzene rings is 5. The molecular formula is C37H33NO. The summed E-state index contributed by atoms with van der Waals surface area (Å²) < 4.78 is 8.12. The molecule has 1 heterocycles. The second-order valence-electron chi connectivity index (χ2n) is 10.0. The van der Waals surface area contributed by atoms with Crippen molar-refractivity contribution in [1.29, 1.82) is 0 Å². The van der Waals surface area contributed by atoms with E-state index in [0.29, 0.717) is 6.61 Å². The van der Waals surface area contributed by atoms with Gasteiger partial charge in [-0.25, -0.2) is 0 Å². The molecule has 0 aliphatic carbocycles. The lowest BCUT2D eigenvalue weighted by Crippen LogP contribution is -2.08. The Labute approximate surface area is 231 Å². The smallest absolute Gasteiger partial charge is 0.119 e. The highest BCUT2D eigenvalue weighted by Gasteiger charge is 2.29. The third kappa shape index (κ3) is 4.53. The van der Waals surface area contributed by atoms with Crippen LogP contribution in [0.4, 0.5) is 0 Å². The number of hydrogen-bond acceptors (Lipinski definition) is 1. The first-order valence-electron chi connectivity index (χ1n) is 13.7. The van der Waals surface area contributed by atoms with Crippen LogP contribution in [-0.4, -0.2) is 11.2 Å². The van der Waals surface area contributed by atoms with Crippen molar-refractivity contribution in [3.8, 4) is 28.1 Å². The van der Waals surface area contributed by atoms with Crippen LogP contribution in [0.5, 0.6) is 5.75 Å². The molecule has 1 atom stereocenters. The molecule has 2 heteroatoms. The fourth-order valence-corrected chi connectivity index (χ4v) is 6.02. The Kier molecular flexibility index (Phi) is 6.77. The minimum absolute atomic E-state index is 0.0361. The number of nitrogens with zero attached hydrogens (tertiary/aromatic N) is 1. The average Bonchev–Trinajstić information content (AvgIpc) is 3.27. The van der Waals surface area contributed by atoms with Gasteiger partial charge in [-0.1, -0.05) is 109 Å². The van der Waals surface area contributed by atoms with Crippen LogP contribution < -0.4 is 4.74 Å². The molecule has 0 spiro atoms. The Morgan fingerprint density at radius 2 is 1.33 bits per heavy atom. The molecule has 0 radical (unpaired) electrons. The predicted octanol–water partition coefficient (Wildman–Crippen LogP) is 9.40. The summed E-state index contributed by atoms with van der Waals surface area (Å²) in [5.74, 6) is 0.936. The number of aromatic nitrogens is 1. The van der Waals surface area contributed by atoms with Crippen LogP contribution in [0.3, 0.4) is 0 Å². The monoisotopic (exact) mass is 507 g/mol. The van der Waals surface area contributed by atoms with Crippen LogP contribution in [0.25, 0.3) is 33.3 Å². The summed E-state index contributed by atoms with van der Waals surface area (Å²) in [6.07, 6.45) is 0. The van der Waals surface area contributed by atoms with E-state index in [1.807, 2.05) is 6.92 Å². The fraction of sp³-hybridized carbons (Fsp3) is 0.135. The highest BCUT2D eigenvalue weighted by atomic mass is 16.5. The Hall–Kier alpha value is -4.56. The van der Waals surface area contributed by atoms with E-state index in [9.17, 15) is 0 Å². The summed E-state index contributed by atoms with van der Waals surface area (Å²) in [7, 11) is 2.19. The summed E-state index contributed by atoms with van der Waals surface area (Å²) in [4.78, 5) is 0. The van der Waals surface area contributed by atoms with Gasteiger partial charge in [-0.15, -0.1) is 0 Å². The van der Waals surface area contributed by atoms with E-state index in [4.69, 9.17) is 4.74 Å². The Bertz CT molecular complexity index is 1710. The van der Waals surface area contributed by atoms with Gasteiger partial charge < -0.3 is 9.30 Å². The molecule has 0 saturated carbocycles. The van der Waals surface area contributed by atoms with E-state index < -0.39 is 0 Å². The maximum absolute atomic E-state index is 5.76. The maximum atomic E-state index is 5.76. The number of rotatable bonds is 7. The van der Waals surface area contributed by atoms with Crippen LogP contribution in [0.15, 0.2) is 127 Å². The molecule has 1 aromatic heterocycles. The zero-order valence-electron chi connectivity index (χ0n) is 22.8. The van der Waals surface area contributed by atoms with Gasteiger partial charge in [-0.05, 0) is 71.0 Å². The Morgan fingerprint density at radius 1 is 0.667 bits per heavy atom. The third-order valence-corrected chi connectivity index (χ3v) is 7.68. The van der Waals surface area contributed by atoms with Crippen molar-refractivity contribution in [2.45, 2.75) is 19.8 Å². The topological polar surface area (TPSA) is 14.2 Å². The molecule has 6 aromatic rings. The van der Waals surface area contributed by atoms with Gasteiger partial charge in [0.2, 0.25) is 0 Å². The van der Waals surface area contributed by atoms with Gasteiger partial charge in [0.25, 0.3) is 0 Å². The van der Waals surface area contributed by atoms with Crippen molar-refractivity contribution >= 4 is 10.9 Å². The van der Waals surface area contributed by atoms with Crippen LogP contribution in [0.2, 0.25) is 0 Å². The number of fused-ring (bicyclic) bond motifs is 1. The molecule has 0 saturated heterocycles. The van der Waals surface area contributed by atoms with Gasteiger partial charge in [0, 0.05) is 23.9 Å². The van der Waals surface area contributed by atoms with Gasteiger partial charge in [-0.2, -0.15) is 0 Å². The Morgan fingerprint density at radius 3 is 2.05 bits per heavy atom. The van der Waals surface area contributed by atoms with Gasteiger partial charge >= 0.3 is 0 Å². The molecular weight excluding hydrogens is 474 g/mol. The van der Waals surface area contributed by atoms with Crippen molar-refractivity contribution in [3.63, 3.8) is 0 Å². The average molecular weight is 508 g/mol. The number of hydrogen-bond donors (Lipinski definition) is 0. The number of aryl methyl sites for hydroxylation is 2. The molecule has 2 nitrogen and oxygen atoms in total. The first-order valence-corrected chi connectivity index (χ1v) is 13.7. The first kappa shape index (κ1) is 24.8. The van der Waals surface area contributed by atoms with Crippen LogP contribution in [-0.2, 0) is 7.05 Å². The van der Waals surface area contributed by atoms with E-state index in [-0.39, 0.29) is 5.92 Å². The summed E-state index contributed by atoms with van der Waals surface area (Å²) in [5, 5.41) is 1.28. The Balaban J connectivity index is 1.68. The fourth-order valence-electron chi connectivity index (χ4n) is 6.02. The molecule has 39 heavy (non-hydrogen) atoms. The maximum Gasteiger partial charge on any atom is 0.119 e. The second kappa shape index (κ2) is 10.7. The highest BCUT2D eigenvalue weighted by Crippen LogP contribution is 2.46. The quantitative estimate of drug-likeness (QED) is 0.210. The van der Waals surface area contributed by atoms with E-state index >= 15 is 0 Å². The second-order valence-corrected chi connectivity index (χ2v) is 10.0. The normalized spacial score (nSPS) is 12.0. The van der Waals surface area contributed by atoms with Crippen molar-refractivity contribution in [1.82, 2.24) is 4.57 Å². The van der Waals surface area contributed by atoms with Crippen molar-refractivity contribution in [3.05, 3.63) is 150 Å². The molecule has 5 aromatic carbocycles. The zero-order valence-corrected chi connectivity index (χ0v) is 22.8. The SMILES string of the molecule is CCOc1ccc(-c2c(C)cccc2C(c2ccccc2)c2c(-c3ccccc3)n(C)c3ccccc23)cc1. The van der Waals surface area contributed by atoms with E-state index in [2.05, 4.69) is 146 Å². The minimum Gasteiger partial charge on any atom is -0.494 e. The van der Waals surface area contributed by atoms with Crippen molar-refractivity contribution < 1.29 is 4.74 Å². The lowest BCUT2D eigenvalue weighted by Gasteiger charge is -2.25. The molecule has 0 aliphatic heterocycles. The van der Waals surface area contributed by atoms with Gasteiger partial charge in [0.15, 0.2) is 0 Å². The van der Waals surface area contributed by atoms with Crippen LogP contribution in [0.1, 0.15) is 35.1 Å². The summed E-state index contributed by atoms with van der Waals surface area (Å²) in [5.41, 5.74) is 11.4. The van der Waals surface area contributed by atoms with Gasteiger partial charge in [-0.3, -0.25) is 0 Å². The summed E-state index contributed by atoms with van der Waals surface area (Å²) in [6, 6.07) is 45.8. The summed E-state index contributed by atoms with van der Waals surface area (Å²) in [6.45, 7) is 4.90. The highest BCUT2D eigenvalue weighted by molar-refractivity contribution is 5.94. The number of ether oxygens (including phenoxy) is 1. The molecule has 192 valence electrons. The van der Waals surface area contributed by atoms with E-state index in [1.54, 1.807) is 0 Å². The molecule has 0 amide bonds. The van der Waals surface area contributed by atoms with E-state index in [0.717, 1.165) is 5.75 Å². The standard InChI is InChI=1S/C37H33NO/c1-4-39-30-24-22-28(23-25-30)34-26(2)14-13-20-32(34)35(27-15-7-5-8-16-27)36-31-19-11-12-21-33(31)38(3)37(36)29-17-9-6-10-18-29/h5-25,35H,4H2,1-3H3. The van der Waals surface area contributed by atoms with Crippen molar-refractivity contribution in [2.24, 2.45) is 7.05 Å². The molecule has 0 bridgehead atoms. The predicted molar refractivity (Wildman–Crippen MR) is 164 cm³/mol. The number of para-hydroxylation sites is 1. The molecule has 0 aliphatic rings. The largest absolute Gasteiger partial charge is 0.494 e. The molecule has 6 rings (SSSR count). The summed E-state index contributed by atoms with van der Waals surface area (Å²) >= 11 is 0.